The van der Waals surface area contributed by atoms with Gasteiger partial charge in [-0.05, 0) is 60.2 Å². The molecule has 0 saturated carbocycles. The summed E-state index contributed by atoms with van der Waals surface area (Å²) in [6.45, 7) is 3.90. The van der Waals surface area contributed by atoms with Gasteiger partial charge in [0, 0.05) is 4.88 Å². The standard InChI is InChI=1S/C21H20FNO2S/c1-14-5-3-6-18(15(14)2)25-13-20(24)23-21(19-7-4-12-26-19)16-8-10-17(22)11-9-16/h3-12,21H,13H2,1-2H3,(H,23,24). The van der Waals surface area contributed by atoms with Crippen molar-refractivity contribution in [1.29, 1.82) is 0 Å². The molecule has 0 aliphatic heterocycles. The normalized spacial score (nSPS) is 11.8. The molecule has 0 radical (unpaired) electrons. The van der Waals surface area contributed by atoms with Crippen LogP contribution in [0.3, 0.4) is 0 Å². The van der Waals surface area contributed by atoms with Gasteiger partial charge in [0.1, 0.15) is 11.6 Å². The van der Waals surface area contributed by atoms with Crippen molar-refractivity contribution in [3.8, 4) is 5.75 Å². The van der Waals surface area contributed by atoms with Crippen LogP contribution in [-0.2, 0) is 4.79 Å². The smallest absolute Gasteiger partial charge is 0.258 e. The maximum Gasteiger partial charge on any atom is 0.258 e. The van der Waals surface area contributed by atoms with Crippen LogP contribution in [0.5, 0.6) is 5.75 Å². The van der Waals surface area contributed by atoms with E-state index < -0.39 is 0 Å². The lowest BCUT2D eigenvalue weighted by Gasteiger charge is -2.19. The molecule has 1 N–H and O–H groups in total. The molecule has 2 aromatic carbocycles. The van der Waals surface area contributed by atoms with Gasteiger partial charge in [-0.2, -0.15) is 0 Å². The molecular formula is C21H20FNO2S. The zero-order valence-corrected chi connectivity index (χ0v) is 15.5. The number of hydrogen-bond donors (Lipinski definition) is 1. The summed E-state index contributed by atoms with van der Waals surface area (Å²) < 4.78 is 18.9. The number of halogens is 1. The monoisotopic (exact) mass is 369 g/mol. The Hall–Kier alpha value is -2.66. The number of hydrogen-bond acceptors (Lipinski definition) is 3. The number of ether oxygens (including phenoxy) is 1. The Morgan fingerprint density at radius 3 is 2.58 bits per heavy atom. The molecular weight excluding hydrogens is 349 g/mol. The van der Waals surface area contributed by atoms with E-state index in [0.29, 0.717) is 5.75 Å². The zero-order chi connectivity index (χ0) is 18.5. The molecule has 134 valence electrons. The van der Waals surface area contributed by atoms with Gasteiger partial charge in [0.15, 0.2) is 6.61 Å². The first-order valence-electron chi connectivity index (χ1n) is 8.32. The number of nitrogens with one attached hydrogen (secondary N) is 1. The van der Waals surface area contributed by atoms with Gasteiger partial charge >= 0.3 is 0 Å². The van der Waals surface area contributed by atoms with E-state index in [4.69, 9.17) is 4.74 Å². The second kappa shape index (κ2) is 8.15. The number of carbonyl (C=O) groups excluding carboxylic acids is 1. The van der Waals surface area contributed by atoms with Crippen LogP contribution in [-0.4, -0.2) is 12.5 Å². The minimum atomic E-state index is -0.328. The molecule has 3 rings (SSSR count). The molecule has 0 bridgehead atoms. The van der Waals surface area contributed by atoms with Gasteiger partial charge < -0.3 is 10.1 Å². The summed E-state index contributed by atoms with van der Waals surface area (Å²) in [5.41, 5.74) is 2.97. The first kappa shape index (κ1) is 18.1. The van der Waals surface area contributed by atoms with E-state index in [-0.39, 0.29) is 24.4 Å². The molecule has 0 saturated heterocycles. The van der Waals surface area contributed by atoms with E-state index in [2.05, 4.69) is 5.32 Å². The number of rotatable bonds is 6. The van der Waals surface area contributed by atoms with E-state index in [1.807, 2.05) is 49.6 Å². The first-order valence-corrected chi connectivity index (χ1v) is 9.20. The third kappa shape index (κ3) is 4.29. The molecule has 3 aromatic rings. The average molecular weight is 369 g/mol. The Balaban J connectivity index is 1.71. The fourth-order valence-corrected chi connectivity index (χ4v) is 3.46. The minimum Gasteiger partial charge on any atom is -0.483 e. The highest BCUT2D eigenvalue weighted by Crippen LogP contribution is 2.26. The molecule has 1 unspecified atom stereocenters. The second-order valence-electron chi connectivity index (χ2n) is 6.05. The van der Waals surface area contributed by atoms with Crippen molar-refractivity contribution in [2.24, 2.45) is 0 Å². The number of aryl methyl sites for hydroxylation is 1. The van der Waals surface area contributed by atoms with Crippen molar-refractivity contribution in [1.82, 2.24) is 5.32 Å². The highest BCUT2D eigenvalue weighted by atomic mass is 32.1. The van der Waals surface area contributed by atoms with Gasteiger partial charge in [-0.15, -0.1) is 11.3 Å². The maximum atomic E-state index is 13.2. The third-order valence-corrected chi connectivity index (χ3v) is 5.19. The summed E-state index contributed by atoms with van der Waals surface area (Å²) in [5, 5.41) is 4.93. The Labute approximate surface area is 156 Å². The lowest BCUT2D eigenvalue weighted by atomic mass is 10.1. The molecule has 1 atom stereocenters. The highest BCUT2D eigenvalue weighted by molar-refractivity contribution is 7.10. The van der Waals surface area contributed by atoms with Gasteiger partial charge in [-0.25, -0.2) is 4.39 Å². The van der Waals surface area contributed by atoms with Crippen LogP contribution in [0.25, 0.3) is 0 Å². The van der Waals surface area contributed by atoms with Gasteiger partial charge in [0.2, 0.25) is 0 Å². The minimum absolute atomic E-state index is 0.0760. The molecule has 1 heterocycles. The van der Waals surface area contributed by atoms with Gasteiger partial charge in [-0.3, -0.25) is 4.79 Å². The number of carbonyl (C=O) groups is 1. The van der Waals surface area contributed by atoms with Crippen LogP contribution < -0.4 is 10.1 Å². The number of thiophene rings is 1. The van der Waals surface area contributed by atoms with Gasteiger partial charge in [0.25, 0.3) is 5.91 Å². The summed E-state index contributed by atoms with van der Waals surface area (Å²) in [4.78, 5) is 13.4. The van der Waals surface area contributed by atoms with Gasteiger partial charge in [0.05, 0.1) is 6.04 Å². The predicted molar refractivity (Wildman–Crippen MR) is 102 cm³/mol. The summed E-state index contributed by atoms with van der Waals surface area (Å²) >= 11 is 1.54. The Bertz CT molecular complexity index is 876. The molecule has 26 heavy (non-hydrogen) atoms. The van der Waals surface area contributed by atoms with Crippen molar-refractivity contribution in [2.45, 2.75) is 19.9 Å². The Morgan fingerprint density at radius 1 is 1.12 bits per heavy atom. The number of amides is 1. The van der Waals surface area contributed by atoms with Crippen molar-refractivity contribution >= 4 is 17.2 Å². The van der Waals surface area contributed by atoms with E-state index in [9.17, 15) is 9.18 Å². The average Bonchev–Trinajstić information content (AvgIpc) is 3.16. The largest absolute Gasteiger partial charge is 0.483 e. The van der Waals surface area contributed by atoms with Crippen LogP contribution >= 0.6 is 11.3 Å². The second-order valence-corrected chi connectivity index (χ2v) is 7.03. The molecule has 5 heteroatoms. The van der Waals surface area contributed by atoms with E-state index in [1.165, 1.54) is 12.1 Å². The lowest BCUT2D eigenvalue weighted by Crippen LogP contribution is -2.33. The summed E-state index contributed by atoms with van der Waals surface area (Å²) in [6, 6.07) is 15.5. The summed E-state index contributed by atoms with van der Waals surface area (Å²) in [7, 11) is 0. The molecule has 1 amide bonds. The van der Waals surface area contributed by atoms with E-state index >= 15 is 0 Å². The predicted octanol–water partition coefficient (Wildman–Crippen LogP) is 4.79. The quantitative estimate of drug-likeness (QED) is 0.678. The highest BCUT2D eigenvalue weighted by Gasteiger charge is 2.18. The fraction of sp³-hybridized carbons (Fsp3) is 0.190. The Kier molecular flexibility index (Phi) is 5.68. The van der Waals surface area contributed by atoms with Crippen molar-refractivity contribution in [3.63, 3.8) is 0 Å². The summed E-state index contributed by atoms with van der Waals surface area (Å²) in [5.74, 6) is 0.173. The van der Waals surface area contributed by atoms with Crippen molar-refractivity contribution < 1.29 is 13.9 Å². The van der Waals surface area contributed by atoms with Crippen LogP contribution in [0.15, 0.2) is 60.0 Å². The summed E-state index contributed by atoms with van der Waals surface area (Å²) in [6.07, 6.45) is 0. The molecule has 0 spiro atoms. The zero-order valence-electron chi connectivity index (χ0n) is 14.7. The molecule has 0 fully saturated rings. The van der Waals surface area contributed by atoms with Crippen molar-refractivity contribution in [2.75, 3.05) is 6.61 Å². The van der Waals surface area contributed by atoms with Crippen LogP contribution in [0, 0.1) is 19.7 Å². The fourth-order valence-electron chi connectivity index (χ4n) is 2.66. The topological polar surface area (TPSA) is 38.3 Å². The SMILES string of the molecule is Cc1cccc(OCC(=O)NC(c2ccc(F)cc2)c2cccs2)c1C. The third-order valence-electron chi connectivity index (χ3n) is 4.25. The molecule has 0 aliphatic carbocycles. The van der Waals surface area contributed by atoms with Crippen LogP contribution in [0.4, 0.5) is 4.39 Å². The van der Waals surface area contributed by atoms with E-state index in [1.54, 1.807) is 23.5 Å². The van der Waals surface area contributed by atoms with Crippen molar-refractivity contribution in [3.05, 3.63) is 87.4 Å². The molecule has 3 nitrogen and oxygen atoms in total. The van der Waals surface area contributed by atoms with Crippen LogP contribution in [0.2, 0.25) is 0 Å². The first-order chi connectivity index (χ1) is 12.5. The number of benzene rings is 2. The van der Waals surface area contributed by atoms with Crippen LogP contribution in [0.1, 0.15) is 27.6 Å². The maximum absolute atomic E-state index is 13.2. The van der Waals surface area contributed by atoms with E-state index in [0.717, 1.165) is 21.6 Å². The molecule has 1 aromatic heterocycles. The lowest BCUT2D eigenvalue weighted by molar-refractivity contribution is -0.123. The molecule has 0 aliphatic rings. The Morgan fingerprint density at radius 2 is 1.88 bits per heavy atom. The van der Waals surface area contributed by atoms with Gasteiger partial charge in [-0.1, -0.05) is 30.3 Å².